The van der Waals surface area contributed by atoms with Crippen LogP contribution in [0.2, 0.25) is 0 Å². The fraction of sp³-hybridized carbons (Fsp3) is 0.286. The summed E-state index contributed by atoms with van der Waals surface area (Å²) in [7, 11) is 4.94. The highest BCUT2D eigenvalue weighted by molar-refractivity contribution is 5.78. The average Bonchev–Trinajstić information content (AvgIpc) is 3.33. The fourth-order valence-electron chi connectivity index (χ4n) is 3.44. The molecule has 3 aromatic rings. The number of benzene rings is 1. The molecular formula is C21H23N5O3. The minimum Gasteiger partial charge on any atom is -0.496 e. The van der Waals surface area contributed by atoms with E-state index in [1.165, 1.54) is 5.57 Å². The van der Waals surface area contributed by atoms with Crippen LogP contribution in [0.25, 0.3) is 11.4 Å². The monoisotopic (exact) mass is 393 g/mol. The van der Waals surface area contributed by atoms with Gasteiger partial charge in [0.25, 0.3) is 0 Å². The first kappa shape index (κ1) is 18.8. The largest absolute Gasteiger partial charge is 0.496 e. The molecule has 8 heteroatoms. The second-order valence-electron chi connectivity index (χ2n) is 6.52. The van der Waals surface area contributed by atoms with Gasteiger partial charge in [0.1, 0.15) is 23.1 Å². The Balaban J connectivity index is 1.60. The molecule has 150 valence electrons. The van der Waals surface area contributed by atoms with Crippen LogP contribution in [0.3, 0.4) is 0 Å². The Morgan fingerprint density at radius 3 is 2.31 bits per heavy atom. The number of aromatic nitrogens is 4. The molecule has 0 bridgehead atoms. The van der Waals surface area contributed by atoms with Crippen molar-refractivity contribution in [3.05, 3.63) is 54.6 Å². The van der Waals surface area contributed by atoms with Crippen LogP contribution in [0.15, 0.2) is 49.1 Å². The highest BCUT2D eigenvalue weighted by Crippen LogP contribution is 2.41. The van der Waals surface area contributed by atoms with Crippen molar-refractivity contribution in [2.75, 3.05) is 39.3 Å². The predicted octanol–water partition coefficient (Wildman–Crippen LogP) is 2.98. The first-order valence-corrected chi connectivity index (χ1v) is 9.30. The van der Waals surface area contributed by atoms with Crippen LogP contribution in [0.5, 0.6) is 17.2 Å². The lowest BCUT2D eigenvalue weighted by atomic mass is 9.97. The molecule has 0 N–H and O–H groups in total. The predicted molar refractivity (Wildman–Crippen MR) is 110 cm³/mol. The fourth-order valence-corrected chi connectivity index (χ4v) is 3.44. The second-order valence-corrected chi connectivity index (χ2v) is 6.52. The van der Waals surface area contributed by atoms with Crippen LogP contribution in [-0.2, 0) is 0 Å². The molecule has 0 unspecified atom stereocenters. The van der Waals surface area contributed by atoms with E-state index in [1.54, 1.807) is 44.6 Å². The van der Waals surface area contributed by atoms with Crippen LogP contribution < -0.4 is 19.1 Å². The van der Waals surface area contributed by atoms with E-state index < -0.39 is 0 Å². The molecule has 0 fully saturated rings. The van der Waals surface area contributed by atoms with E-state index in [4.69, 9.17) is 19.2 Å². The molecule has 0 spiro atoms. The molecule has 0 saturated heterocycles. The van der Waals surface area contributed by atoms with Gasteiger partial charge in [0.05, 0.1) is 39.3 Å². The third-order valence-electron chi connectivity index (χ3n) is 4.92. The first-order valence-electron chi connectivity index (χ1n) is 9.30. The molecule has 0 atom stereocenters. The molecule has 8 nitrogen and oxygen atoms in total. The van der Waals surface area contributed by atoms with Gasteiger partial charge in [0, 0.05) is 37.6 Å². The van der Waals surface area contributed by atoms with Gasteiger partial charge in [-0.05, 0) is 18.1 Å². The number of nitrogens with zero attached hydrogens (tertiary/aromatic N) is 5. The first-order chi connectivity index (χ1) is 14.2. The summed E-state index contributed by atoms with van der Waals surface area (Å²) >= 11 is 0. The lowest BCUT2D eigenvalue weighted by Gasteiger charge is -2.28. The van der Waals surface area contributed by atoms with E-state index in [9.17, 15) is 0 Å². The molecule has 1 aromatic carbocycles. The number of methoxy groups -OCH3 is 3. The Labute approximate surface area is 169 Å². The molecule has 4 rings (SSSR count). The van der Waals surface area contributed by atoms with E-state index in [0.29, 0.717) is 18.1 Å². The van der Waals surface area contributed by atoms with E-state index in [0.717, 1.165) is 35.8 Å². The van der Waals surface area contributed by atoms with Crippen LogP contribution in [0, 0.1) is 0 Å². The van der Waals surface area contributed by atoms with Crippen molar-refractivity contribution in [2.45, 2.75) is 6.42 Å². The summed E-state index contributed by atoms with van der Waals surface area (Å²) in [6.07, 6.45) is 10.1. The third kappa shape index (κ3) is 3.73. The zero-order valence-electron chi connectivity index (χ0n) is 16.7. The summed E-state index contributed by atoms with van der Waals surface area (Å²) < 4.78 is 18.3. The Kier molecular flexibility index (Phi) is 5.33. The smallest absolute Gasteiger partial charge is 0.173 e. The number of hydrogen-bond acceptors (Lipinski definition) is 7. The molecule has 1 aliphatic heterocycles. The molecule has 0 amide bonds. The molecule has 3 heterocycles. The van der Waals surface area contributed by atoms with Crippen molar-refractivity contribution >= 4 is 11.4 Å². The van der Waals surface area contributed by atoms with Crippen molar-refractivity contribution in [1.29, 1.82) is 0 Å². The number of hydrogen-bond donors (Lipinski definition) is 0. The maximum atomic E-state index is 5.61. The summed E-state index contributed by atoms with van der Waals surface area (Å²) in [4.78, 5) is 11.2. The van der Waals surface area contributed by atoms with Crippen LogP contribution in [-0.4, -0.2) is 54.2 Å². The SMILES string of the molecule is COc1cc(OC)c(C2=CCN(c3cncc(-n4cccn4)n3)CC2)c(OC)c1. The van der Waals surface area contributed by atoms with Gasteiger partial charge in [-0.2, -0.15) is 5.10 Å². The summed E-state index contributed by atoms with van der Waals surface area (Å²) in [6.45, 7) is 1.52. The van der Waals surface area contributed by atoms with Crippen LogP contribution >= 0.6 is 0 Å². The lowest BCUT2D eigenvalue weighted by Crippen LogP contribution is -2.29. The van der Waals surface area contributed by atoms with Crippen molar-refractivity contribution < 1.29 is 14.2 Å². The highest BCUT2D eigenvalue weighted by atomic mass is 16.5. The average molecular weight is 393 g/mol. The summed E-state index contributed by atoms with van der Waals surface area (Å²) in [5.74, 6) is 3.69. The molecular weight excluding hydrogens is 370 g/mol. The normalized spacial score (nSPS) is 13.8. The van der Waals surface area contributed by atoms with Crippen molar-refractivity contribution in [3.63, 3.8) is 0 Å². The molecule has 2 aromatic heterocycles. The third-order valence-corrected chi connectivity index (χ3v) is 4.92. The topological polar surface area (TPSA) is 74.5 Å². The second kappa shape index (κ2) is 8.22. The Bertz CT molecular complexity index is 992. The van der Waals surface area contributed by atoms with Crippen molar-refractivity contribution in [1.82, 2.24) is 19.7 Å². The van der Waals surface area contributed by atoms with E-state index >= 15 is 0 Å². The maximum absolute atomic E-state index is 5.61. The van der Waals surface area contributed by atoms with Gasteiger partial charge in [0.2, 0.25) is 0 Å². The van der Waals surface area contributed by atoms with Crippen molar-refractivity contribution in [3.8, 4) is 23.1 Å². The summed E-state index contributed by atoms with van der Waals surface area (Å²) in [5, 5.41) is 4.22. The number of rotatable bonds is 6. The summed E-state index contributed by atoms with van der Waals surface area (Å²) in [6, 6.07) is 5.62. The van der Waals surface area contributed by atoms with Gasteiger partial charge in [-0.15, -0.1) is 0 Å². The van der Waals surface area contributed by atoms with Gasteiger partial charge >= 0.3 is 0 Å². The van der Waals surface area contributed by atoms with Gasteiger partial charge in [0.15, 0.2) is 5.82 Å². The molecule has 0 saturated carbocycles. The molecule has 0 aliphatic carbocycles. The molecule has 1 aliphatic rings. The highest BCUT2D eigenvalue weighted by Gasteiger charge is 2.22. The van der Waals surface area contributed by atoms with Gasteiger partial charge < -0.3 is 19.1 Å². The van der Waals surface area contributed by atoms with Crippen LogP contribution in [0.4, 0.5) is 5.82 Å². The maximum Gasteiger partial charge on any atom is 0.173 e. The van der Waals surface area contributed by atoms with Gasteiger partial charge in [-0.3, -0.25) is 4.98 Å². The zero-order chi connectivity index (χ0) is 20.2. The van der Waals surface area contributed by atoms with Crippen LogP contribution in [0.1, 0.15) is 12.0 Å². The minimum atomic E-state index is 0.695. The zero-order valence-corrected chi connectivity index (χ0v) is 16.7. The summed E-state index contributed by atoms with van der Waals surface area (Å²) in [5.41, 5.74) is 2.14. The lowest BCUT2D eigenvalue weighted by molar-refractivity contribution is 0.373. The molecule has 0 radical (unpaired) electrons. The van der Waals surface area contributed by atoms with E-state index in [-0.39, 0.29) is 0 Å². The van der Waals surface area contributed by atoms with E-state index in [2.05, 4.69) is 21.1 Å². The van der Waals surface area contributed by atoms with Gasteiger partial charge in [-0.25, -0.2) is 9.67 Å². The number of anilines is 1. The number of ether oxygens (including phenoxy) is 3. The Hall–Kier alpha value is -3.55. The Morgan fingerprint density at radius 1 is 0.966 bits per heavy atom. The standard InChI is InChI=1S/C21H23N5O3/c1-27-16-11-17(28-2)21(18(12-16)29-3)15-5-9-25(10-6-15)19-13-22-14-20(24-19)26-8-4-7-23-26/h4-5,7-8,11-14H,6,9-10H2,1-3H3. The quantitative estimate of drug-likeness (QED) is 0.637. The van der Waals surface area contributed by atoms with E-state index in [1.807, 2.05) is 24.4 Å². The minimum absolute atomic E-state index is 0.695. The Morgan fingerprint density at radius 2 is 1.72 bits per heavy atom. The van der Waals surface area contributed by atoms with Crippen molar-refractivity contribution in [2.24, 2.45) is 0 Å². The molecule has 29 heavy (non-hydrogen) atoms. The van der Waals surface area contributed by atoms with Gasteiger partial charge in [-0.1, -0.05) is 6.08 Å².